The summed E-state index contributed by atoms with van der Waals surface area (Å²) in [6.07, 6.45) is 8.17. The van der Waals surface area contributed by atoms with Crippen LogP contribution in [0.4, 0.5) is 0 Å². The molecule has 0 bridgehead atoms. The van der Waals surface area contributed by atoms with Gasteiger partial charge in [-0.2, -0.15) is 17.0 Å². The SMILES string of the molecule is CSc1ccc(CCNC(=O)C2CCCN(S(=O)(=O)N3CCCC(C(=O)NCCc4ccc(SC)cc4)C3)C2)cc1. The van der Waals surface area contributed by atoms with E-state index in [9.17, 15) is 18.0 Å². The zero-order valence-corrected chi connectivity index (χ0v) is 26.5. The van der Waals surface area contributed by atoms with Gasteiger partial charge in [-0.15, -0.1) is 23.5 Å². The van der Waals surface area contributed by atoms with Crippen LogP contribution in [-0.2, 0) is 32.6 Å². The summed E-state index contributed by atoms with van der Waals surface area (Å²) in [7, 11) is -3.76. The molecule has 0 spiro atoms. The Labute approximate surface area is 253 Å². The molecule has 2 unspecified atom stereocenters. The summed E-state index contributed by atoms with van der Waals surface area (Å²) in [5, 5.41) is 6.01. The van der Waals surface area contributed by atoms with Crippen molar-refractivity contribution in [3.63, 3.8) is 0 Å². The average Bonchev–Trinajstić information content (AvgIpc) is 3.01. The van der Waals surface area contributed by atoms with E-state index in [4.69, 9.17) is 0 Å². The maximum atomic E-state index is 13.6. The normalized spacial score (nSPS) is 20.4. The van der Waals surface area contributed by atoms with Crippen LogP contribution in [0, 0.1) is 11.8 Å². The quantitative estimate of drug-likeness (QED) is 0.351. The molecule has 2 aromatic carbocycles. The van der Waals surface area contributed by atoms with E-state index in [0.717, 1.165) is 24.0 Å². The molecular weight excluding hydrogens is 577 g/mol. The topological polar surface area (TPSA) is 98.8 Å². The minimum atomic E-state index is -3.76. The molecule has 2 N–H and O–H groups in total. The average molecular weight is 619 g/mol. The number of piperidine rings is 2. The zero-order chi connectivity index (χ0) is 29.2. The number of benzene rings is 2. The summed E-state index contributed by atoms with van der Waals surface area (Å²) >= 11 is 3.39. The number of nitrogens with one attached hydrogen (secondary N) is 2. The van der Waals surface area contributed by atoms with E-state index in [1.165, 1.54) is 18.4 Å². The lowest BCUT2D eigenvalue weighted by molar-refractivity contribution is -0.126. The molecule has 2 aliphatic rings. The van der Waals surface area contributed by atoms with Crippen LogP contribution in [0.15, 0.2) is 58.3 Å². The second kappa shape index (κ2) is 15.4. The predicted molar refractivity (Wildman–Crippen MR) is 167 cm³/mol. The number of rotatable bonds is 12. The van der Waals surface area contributed by atoms with Crippen LogP contribution in [0.5, 0.6) is 0 Å². The first-order chi connectivity index (χ1) is 19.8. The number of hydrogen-bond donors (Lipinski definition) is 2. The molecule has 2 atom stereocenters. The van der Waals surface area contributed by atoms with Gasteiger partial charge in [0.2, 0.25) is 11.8 Å². The van der Waals surface area contributed by atoms with Crippen molar-refractivity contribution < 1.29 is 18.0 Å². The molecule has 4 rings (SSSR count). The molecule has 2 saturated heterocycles. The maximum absolute atomic E-state index is 13.6. The number of nitrogens with zero attached hydrogens (tertiary/aromatic N) is 2. The Morgan fingerprint density at radius 1 is 0.732 bits per heavy atom. The Kier molecular flexibility index (Phi) is 12.0. The first-order valence-electron chi connectivity index (χ1n) is 14.4. The van der Waals surface area contributed by atoms with Crippen molar-refractivity contribution in [3.8, 4) is 0 Å². The standard InChI is InChI=1S/C30H42N4O4S3/c1-39-27-11-7-23(8-12-27)15-17-31-29(35)25-5-3-19-33(21-25)41(37,38)34-20-4-6-26(22-34)30(36)32-18-16-24-9-13-28(40-2)14-10-24/h7-14,25-26H,3-6,15-22H2,1-2H3,(H,31,35)(H,32,36). The zero-order valence-electron chi connectivity index (χ0n) is 24.0. The fraction of sp³-hybridized carbons (Fsp3) is 0.533. The lowest BCUT2D eigenvalue weighted by Crippen LogP contribution is -2.54. The first-order valence-corrected chi connectivity index (χ1v) is 18.2. The van der Waals surface area contributed by atoms with Crippen LogP contribution in [0.25, 0.3) is 0 Å². The van der Waals surface area contributed by atoms with Gasteiger partial charge in [0.1, 0.15) is 0 Å². The van der Waals surface area contributed by atoms with E-state index in [0.29, 0.717) is 51.9 Å². The monoisotopic (exact) mass is 618 g/mol. The molecule has 2 aromatic rings. The van der Waals surface area contributed by atoms with Crippen molar-refractivity contribution >= 4 is 45.5 Å². The summed E-state index contributed by atoms with van der Waals surface area (Å²) in [5.74, 6) is -0.924. The number of hydrogen-bond acceptors (Lipinski definition) is 6. The Morgan fingerprint density at radius 3 is 1.49 bits per heavy atom. The third-order valence-corrected chi connectivity index (χ3v) is 11.4. The van der Waals surface area contributed by atoms with Gasteiger partial charge in [0, 0.05) is 49.1 Å². The Morgan fingerprint density at radius 2 is 1.12 bits per heavy atom. The first kappa shape index (κ1) is 31.9. The van der Waals surface area contributed by atoms with Gasteiger partial charge in [-0.1, -0.05) is 24.3 Å². The molecule has 2 aliphatic heterocycles. The largest absolute Gasteiger partial charge is 0.355 e. The summed E-state index contributed by atoms with van der Waals surface area (Å²) < 4.78 is 30.0. The smallest absolute Gasteiger partial charge is 0.282 e. The molecule has 8 nitrogen and oxygen atoms in total. The molecule has 0 saturated carbocycles. The lowest BCUT2D eigenvalue weighted by Gasteiger charge is -2.38. The highest BCUT2D eigenvalue weighted by Crippen LogP contribution is 2.26. The van der Waals surface area contributed by atoms with Crippen molar-refractivity contribution in [2.45, 2.75) is 48.3 Å². The molecule has 2 fully saturated rings. The van der Waals surface area contributed by atoms with Crippen LogP contribution in [-0.4, -0.2) is 80.6 Å². The molecule has 2 heterocycles. The molecule has 11 heteroatoms. The molecule has 0 radical (unpaired) electrons. The molecule has 224 valence electrons. The lowest BCUT2D eigenvalue weighted by atomic mass is 9.98. The number of carbonyl (C=O) groups is 2. The molecule has 0 aromatic heterocycles. The summed E-state index contributed by atoms with van der Waals surface area (Å²) in [6, 6.07) is 16.6. The Bertz CT molecular complexity index is 1160. The molecular formula is C30H42N4O4S3. The second-order valence-electron chi connectivity index (χ2n) is 10.7. The van der Waals surface area contributed by atoms with Gasteiger partial charge >= 0.3 is 0 Å². The van der Waals surface area contributed by atoms with Crippen molar-refractivity contribution in [1.82, 2.24) is 19.2 Å². The Balaban J connectivity index is 1.24. The van der Waals surface area contributed by atoms with Gasteiger partial charge < -0.3 is 10.6 Å². The summed E-state index contributed by atoms with van der Waals surface area (Å²) in [4.78, 5) is 28.2. The molecule has 0 aliphatic carbocycles. The maximum Gasteiger partial charge on any atom is 0.282 e. The van der Waals surface area contributed by atoms with Crippen molar-refractivity contribution in [2.24, 2.45) is 11.8 Å². The van der Waals surface area contributed by atoms with Gasteiger partial charge in [0.05, 0.1) is 11.8 Å². The van der Waals surface area contributed by atoms with Crippen molar-refractivity contribution in [1.29, 1.82) is 0 Å². The highest BCUT2D eigenvalue weighted by Gasteiger charge is 2.39. The van der Waals surface area contributed by atoms with Gasteiger partial charge in [-0.05, 0) is 86.4 Å². The van der Waals surface area contributed by atoms with Gasteiger partial charge in [-0.25, -0.2) is 0 Å². The van der Waals surface area contributed by atoms with Gasteiger partial charge in [0.15, 0.2) is 0 Å². The highest BCUT2D eigenvalue weighted by molar-refractivity contribution is 7.98. The fourth-order valence-corrected chi connectivity index (χ4v) is 8.03. The fourth-order valence-electron chi connectivity index (χ4n) is 5.43. The minimum Gasteiger partial charge on any atom is -0.355 e. The van der Waals surface area contributed by atoms with Crippen LogP contribution in [0.3, 0.4) is 0 Å². The number of thioether (sulfide) groups is 2. The van der Waals surface area contributed by atoms with Crippen LogP contribution in [0.2, 0.25) is 0 Å². The van der Waals surface area contributed by atoms with Gasteiger partial charge in [0.25, 0.3) is 10.2 Å². The van der Waals surface area contributed by atoms with E-state index in [1.807, 2.05) is 12.5 Å². The second-order valence-corrected chi connectivity index (χ2v) is 14.4. The van der Waals surface area contributed by atoms with E-state index >= 15 is 0 Å². The number of amides is 2. The van der Waals surface area contributed by atoms with Crippen molar-refractivity contribution in [3.05, 3.63) is 59.7 Å². The van der Waals surface area contributed by atoms with Crippen LogP contribution < -0.4 is 10.6 Å². The van der Waals surface area contributed by atoms with Crippen LogP contribution in [0.1, 0.15) is 36.8 Å². The third-order valence-electron chi connectivity index (χ3n) is 7.91. The van der Waals surface area contributed by atoms with E-state index < -0.39 is 10.2 Å². The molecule has 2 amide bonds. The van der Waals surface area contributed by atoms with Crippen molar-refractivity contribution in [2.75, 3.05) is 51.8 Å². The van der Waals surface area contributed by atoms with Gasteiger partial charge in [-0.3, -0.25) is 9.59 Å². The summed E-state index contributed by atoms with van der Waals surface area (Å²) in [5.41, 5.74) is 2.31. The van der Waals surface area contributed by atoms with E-state index in [1.54, 1.807) is 23.5 Å². The Hall–Kier alpha value is -2.05. The predicted octanol–water partition coefficient (Wildman–Crippen LogP) is 3.82. The highest BCUT2D eigenvalue weighted by atomic mass is 32.2. The van der Waals surface area contributed by atoms with E-state index in [2.05, 4.69) is 59.2 Å². The van der Waals surface area contributed by atoms with Crippen LogP contribution >= 0.6 is 23.5 Å². The minimum absolute atomic E-state index is 0.0929. The molecule has 41 heavy (non-hydrogen) atoms. The number of carbonyl (C=O) groups excluding carboxylic acids is 2. The van der Waals surface area contributed by atoms with E-state index in [-0.39, 0.29) is 36.7 Å². The summed E-state index contributed by atoms with van der Waals surface area (Å²) in [6.45, 7) is 2.20. The third kappa shape index (κ3) is 8.97.